The van der Waals surface area contributed by atoms with E-state index in [0.29, 0.717) is 24.2 Å². The van der Waals surface area contributed by atoms with Crippen molar-refractivity contribution in [2.45, 2.75) is 12.6 Å². The minimum Gasteiger partial charge on any atom is -0.395 e. The van der Waals surface area contributed by atoms with Gasteiger partial charge in [0, 0.05) is 37.3 Å². The highest BCUT2D eigenvalue weighted by molar-refractivity contribution is 5.36. The molecule has 3 nitrogen and oxygen atoms in total. The van der Waals surface area contributed by atoms with Crippen LogP contribution in [0.1, 0.15) is 17.2 Å². The third-order valence-corrected chi connectivity index (χ3v) is 2.97. The summed E-state index contributed by atoms with van der Waals surface area (Å²) in [5.74, 6) is -1.12. The molecule has 1 heterocycles. The molecule has 1 aromatic carbocycles. The Morgan fingerprint density at radius 2 is 2.19 bits per heavy atom. The van der Waals surface area contributed by atoms with E-state index in [-0.39, 0.29) is 19.2 Å². The lowest BCUT2D eigenvalue weighted by atomic mass is 10.0. The van der Waals surface area contributed by atoms with E-state index in [1.54, 1.807) is 0 Å². The van der Waals surface area contributed by atoms with Crippen LogP contribution in [-0.4, -0.2) is 29.7 Å². The Balaban J connectivity index is 2.38. The Kier molecular flexibility index (Phi) is 3.18. The van der Waals surface area contributed by atoms with Crippen molar-refractivity contribution in [3.05, 3.63) is 34.9 Å². The van der Waals surface area contributed by atoms with Crippen molar-refractivity contribution >= 4 is 0 Å². The number of hydrogen-bond donors (Lipinski definition) is 2. The molecular formula is C11H14F2N2O. The van der Waals surface area contributed by atoms with Crippen LogP contribution >= 0.6 is 0 Å². The molecule has 2 rings (SSSR count). The van der Waals surface area contributed by atoms with Crippen LogP contribution in [0.25, 0.3) is 0 Å². The smallest absolute Gasteiger partial charge is 0.130 e. The van der Waals surface area contributed by atoms with Gasteiger partial charge in [0.25, 0.3) is 0 Å². The summed E-state index contributed by atoms with van der Waals surface area (Å²) in [4.78, 5) is 1.85. The standard InChI is InChI=1S/C11H14F2N2O/c12-7-3-8-9(10(13)4-7)6-15(1-2-16)11(8)5-14/h3-4,11,16H,1-2,5-6,14H2. The van der Waals surface area contributed by atoms with Crippen molar-refractivity contribution in [1.82, 2.24) is 4.90 Å². The van der Waals surface area contributed by atoms with Gasteiger partial charge < -0.3 is 10.8 Å². The number of nitrogens with zero attached hydrogens (tertiary/aromatic N) is 1. The Hall–Kier alpha value is -1.04. The van der Waals surface area contributed by atoms with Gasteiger partial charge in [0.1, 0.15) is 11.6 Å². The van der Waals surface area contributed by atoms with Gasteiger partial charge in [0.15, 0.2) is 0 Å². The molecule has 0 bridgehead atoms. The van der Waals surface area contributed by atoms with Gasteiger partial charge in [-0.15, -0.1) is 0 Å². The Morgan fingerprint density at radius 3 is 2.81 bits per heavy atom. The number of hydrogen-bond acceptors (Lipinski definition) is 3. The van der Waals surface area contributed by atoms with Crippen molar-refractivity contribution in [2.75, 3.05) is 19.7 Å². The number of benzene rings is 1. The van der Waals surface area contributed by atoms with E-state index in [2.05, 4.69) is 0 Å². The monoisotopic (exact) mass is 228 g/mol. The molecule has 5 heteroatoms. The van der Waals surface area contributed by atoms with Gasteiger partial charge in [-0.1, -0.05) is 0 Å². The summed E-state index contributed by atoms with van der Waals surface area (Å²) in [6.07, 6.45) is 0. The second-order valence-corrected chi connectivity index (χ2v) is 3.90. The number of rotatable bonds is 3. The summed E-state index contributed by atoms with van der Waals surface area (Å²) < 4.78 is 26.6. The second kappa shape index (κ2) is 4.45. The molecule has 1 unspecified atom stereocenters. The van der Waals surface area contributed by atoms with E-state index < -0.39 is 11.6 Å². The zero-order valence-electron chi connectivity index (χ0n) is 8.79. The van der Waals surface area contributed by atoms with Gasteiger partial charge in [-0.05, 0) is 11.6 Å². The summed E-state index contributed by atoms with van der Waals surface area (Å²) in [5, 5.41) is 8.89. The number of halogens is 2. The fraction of sp³-hybridized carbons (Fsp3) is 0.455. The van der Waals surface area contributed by atoms with Crippen LogP contribution in [0, 0.1) is 11.6 Å². The van der Waals surface area contributed by atoms with Crippen molar-refractivity contribution in [1.29, 1.82) is 0 Å². The maximum atomic E-state index is 13.5. The average molecular weight is 228 g/mol. The number of β-amino-alcohol motifs (C(OH)–C–C–N with tert-alkyl or cyclic N) is 1. The molecule has 1 aliphatic heterocycles. The molecular weight excluding hydrogens is 214 g/mol. The molecule has 3 N–H and O–H groups in total. The molecule has 0 aromatic heterocycles. The highest BCUT2D eigenvalue weighted by Crippen LogP contribution is 2.34. The minimum atomic E-state index is -0.583. The fourth-order valence-corrected chi connectivity index (χ4v) is 2.24. The summed E-state index contributed by atoms with van der Waals surface area (Å²) in [6.45, 7) is 1.06. The molecule has 1 atom stereocenters. The van der Waals surface area contributed by atoms with Crippen LogP contribution in [-0.2, 0) is 6.54 Å². The number of fused-ring (bicyclic) bond motifs is 1. The summed E-state index contributed by atoms with van der Waals surface area (Å²) in [7, 11) is 0. The van der Waals surface area contributed by atoms with Crippen LogP contribution in [0.2, 0.25) is 0 Å². The van der Waals surface area contributed by atoms with Crippen molar-refractivity contribution < 1.29 is 13.9 Å². The van der Waals surface area contributed by atoms with Gasteiger partial charge in [-0.25, -0.2) is 8.78 Å². The lowest BCUT2D eigenvalue weighted by molar-refractivity contribution is 0.163. The fourth-order valence-electron chi connectivity index (χ4n) is 2.24. The van der Waals surface area contributed by atoms with Crippen molar-refractivity contribution in [3.8, 4) is 0 Å². The third-order valence-electron chi connectivity index (χ3n) is 2.97. The highest BCUT2D eigenvalue weighted by atomic mass is 19.1. The maximum absolute atomic E-state index is 13.5. The SMILES string of the molecule is NCC1c2cc(F)cc(F)c2CN1CCO. The van der Waals surface area contributed by atoms with Crippen LogP contribution in [0.4, 0.5) is 8.78 Å². The van der Waals surface area contributed by atoms with Gasteiger partial charge in [-0.2, -0.15) is 0 Å². The Labute approximate surface area is 92.5 Å². The van der Waals surface area contributed by atoms with E-state index in [0.717, 1.165) is 6.07 Å². The first-order chi connectivity index (χ1) is 7.67. The van der Waals surface area contributed by atoms with E-state index in [4.69, 9.17) is 10.8 Å². The first-order valence-corrected chi connectivity index (χ1v) is 5.20. The van der Waals surface area contributed by atoms with Gasteiger partial charge in [0.05, 0.1) is 6.61 Å². The van der Waals surface area contributed by atoms with Crippen LogP contribution in [0.3, 0.4) is 0 Å². The van der Waals surface area contributed by atoms with Crippen molar-refractivity contribution in [3.63, 3.8) is 0 Å². The van der Waals surface area contributed by atoms with Gasteiger partial charge in [-0.3, -0.25) is 4.90 Å². The first kappa shape index (κ1) is 11.4. The van der Waals surface area contributed by atoms with E-state index in [1.807, 2.05) is 4.90 Å². The molecule has 0 spiro atoms. The second-order valence-electron chi connectivity index (χ2n) is 3.90. The lowest BCUT2D eigenvalue weighted by Gasteiger charge is -2.22. The largest absolute Gasteiger partial charge is 0.395 e. The quantitative estimate of drug-likeness (QED) is 0.803. The molecule has 1 aliphatic rings. The predicted octanol–water partition coefficient (Wildman–Crippen LogP) is 0.772. The average Bonchev–Trinajstić information content (AvgIpc) is 2.56. The van der Waals surface area contributed by atoms with Gasteiger partial charge >= 0.3 is 0 Å². The highest BCUT2D eigenvalue weighted by Gasteiger charge is 2.31. The summed E-state index contributed by atoms with van der Waals surface area (Å²) >= 11 is 0. The molecule has 16 heavy (non-hydrogen) atoms. The molecule has 0 radical (unpaired) electrons. The zero-order valence-corrected chi connectivity index (χ0v) is 8.79. The Morgan fingerprint density at radius 1 is 1.44 bits per heavy atom. The predicted molar refractivity (Wildman–Crippen MR) is 55.6 cm³/mol. The molecule has 88 valence electrons. The zero-order chi connectivity index (χ0) is 11.7. The number of aliphatic hydroxyl groups is 1. The van der Waals surface area contributed by atoms with Crippen LogP contribution in [0.15, 0.2) is 12.1 Å². The van der Waals surface area contributed by atoms with E-state index in [9.17, 15) is 8.78 Å². The Bertz CT molecular complexity index is 398. The van der Waals surface area contributed by atoms with Crippen LogP contribution in [0.5, 0.6) is 0 Å². The molecule has 0 saturated heterocycles. The number of aliphatic hydroxyl groups excluding tert-OH is 1. The minimum absolute atomic E-state index is 0.0193. The maximum Gasteiger partial charge on any atom is 0.130 e. The molecule has 0 fully saturated rings. The van der Waals surface area contributed by atoms with Gasteiger partial charge in [0.2, 0.25) is 0 Å². The lowest BCUT2D eigenvalue weighted by Crippen LogP contribution is -2.30. The molecule has 0 saturated carbocycles. The normalized spacial score (nSPS) is 20.1. The third kappa shape index (κ3) is 1.81. The van der Waals surface area contributed by atoms with E-state index >= 15 is 0 Å². The van der Waals surface area contributed by atoms with Crippen LogP contribution < -0.4 is 5.73 Å². The molecule has 0 amide bonds. The van der Waals surface area contributed by atoms with E-state index in [1.165, 1.54) is 6.07 Å². The molecule has 0 aliphatic carbocycles. The summed E-state index contributed by atoms with van der Waals surface area (Å²) in [5.41, 5.74) is 6.70. The topological polar surface area (TPSA) is 49.5 Å². The molecule has 1 aromatic rings. The first-order valence-electron chi connectivity index (χ1n) is 5.20. The number of nitrogens with two attached hydrogens (primary N) is 1. The van der Waals surface area contributed by atoms with Crippen molar-refractivity contribution in [2.24, 2.45) is 5.73 Å². The summed E-state index contributed by atoms with van der Waals surface area (Å²) in [6, 6.07) is 2.01.